The lowest BCUT2D eigenvalue weighted by atomic mass is 10.2. The Morgan fingerprint density at radius 2 is 1.93 bits per heavy atom. The van der Waals surface area contributed by atoms with Crippen LogP contribution in [0.1, 0.15) is 16.8 Å². The molecule has 9 heteroatoms. The van der Waals surface area contributed by atoms with Gasteiger partial charge < -0.3 is 25.4 Å². The highest BCUT2D eigenvalue weighted by Crippen LogP contribution is 2.44. The third-order valence-electron chi connectivity index (χ3n) is 4.85. The first kappa shape index (κ1) is 18.5. The van der Waals surface area contributed by atoms with E-state index in [0.29, 0.717) is 39.5 Å². The summed E-state index contributed by atoms with van der Waals surface area (Å²) >= 11 is 6.31. The number of hydrogen-bond acceptors (Lipinski definition) is 7. The molecule has 2 aromatic carbocycles. The molecule has 2 heterocycles. The van der Waals surface area contributed by atoms with Crippen molar-refractivity contribution in [3.8, 4) is 11.5 Å². The number of fused-ring (bicyclic) bond motifs is 1. The van der Waals surface area contributed by atoms with Crippen molar-refractivity contribution in [2.75, 3.05) is 17.4 Å². The Labute approximate surface area is 177 Å². The Morgan fingerprint density at radius 1 is 1.07 bits per heavy atom. The Morgan fingerprint density at radius 3 is 2.80 bits per heavy atom. The number of benzene rings is 2. The molecule has 1 saturated carbocycles. The number of carbonyl (C=O) groups excluding carboxylic acids is 1. The molecule has 30 heavy (non-hydrogen) atoms. The van der Waals surface area contributed by atoms with Gasteiger partial charge in [0.1, 0.15) is 11.5 Å². The minimum atomic E-state index is -0.0870. The molecule has 1 aromatic heterocycles. The molecule has 3 N–H and O–H groups in total. The maximum absolute atomic E-state index is 12.3. The van der Waals surface area contributed by atoms with Crippen LogP contribution in [0.4, 0.5) is 17.5 Å². The third-order valence-corrected chi connectivity index (χ3v) is 5.17. The summed E-state index contributed by atoms with van der Waals surface area (Å²) in [6.07, 6.45) is 2.45. The van der Waals surface area contributed by atoms with Gasteiger partial charge in [-0.3, -0.25) is 4.79 Å². The summed E-state index contributed by atoms with van der Waals surface area (Å²) in [4.78, 5) is 21.0. The minimum Gasteiger partial charge on any atom is -0.454 e. The molecule has 152 valence electrons. The summed E-state index contributed by atoms with van der Waals surface area (Å²) in [5, 5.41) is 9.93. The summed E-state index contributed by atoms with van der Waals surface area (Å²) < 4.78 is 10.9. The van der Waals surface area contributed by atoms with Gasteiger partial charge in [-0.25, -0.2) is 4.98 Å². The van der Waals surface area contributed by atoms with Gasteiger partial charge in [0.2, 0.25) is 12.7 Å². The summed E-state index contributed by atoms with van der Waals surface area (Å²) in [6.45, 7) is 0.151. The molecule has 8 nitrogen and oxygen atoms in total. The fourth-order valence-corrected chi connectivity index (χ4v) is 3.41. The molecule has 0 saturated heterocycles. The fourth-order valence-electron chi connectivity index (χ4n) is 3.21. The van der Waals surface area contributed by atoms with E-state index in [1.54, 1.807) is 36.5 Å². The second-order valence-corrected chi connectivity index (χ2v) is 7.39. The topological polar surface area (TPSA) is 97.4 Å². The zero-order chi connectivity index (χ0) is 20.5. The lowest BCUT2D eigenvalue weighted by molar-refractivity contribution is 0.0950. The monoisotopic (exact) mass is 423 g/mol. The predicted octanol–water partition coefficient (Wildman–Crippen LogP) is 3.59. The van der Waals surface area contributed by atoms with E-state index in [2.05, 4.69) is 25.9 Å². The third kappa shape index (κ3) is 3.81. The fraction of sp³-hybridized carbons (Fsp3) is 0.190. The summed E-state index contributed by atoms with van der Waals surface area (Å²) in [7, 11) is 0. The van der Waals surface area contributed by atoms with E-state index in [-0.39, 0.29) is 24.8 Å². The van der Waals surface area contributed by atoms with Crippen LogP contribution in [0.15, 0.2) is 54.7 Å². The van der Waals surface area contributed by atoms with Crippen LogP contribution >= 0.6 is 11.6 Å². The maximum Gasteiger partial charge on any atom is 0.251 e. The van der Waals surface area contributed by atoms with Crippen molar-refractivity contribution in [3.63, 3.8) is 0 Å². The van der Waals surface area contributed by atoms with Crippen molar-refractivity contribution in [1.29, 1.82) is 0 Å². The van der Waals surface area contributed by atoms with Gasteiger partial charge in [-0.05, 0) is 36.8 Å². The van der Waals surface area contributed by atoms with Crippen molar-refractivity contribution < 1.29 is 14.3 Å². The maximum atomic E-state index is 12.3. The number of anilines is 3. The Bertz CT molecular complexity index is 1100. The van der Waals surface area contributed by atoms with Gasteiger partial charge in [-0.1, -0.05) is 29.8 Å². The van der Waals surface area contributed by atoms with Crippen LogP contribution in [-0.2, 0) is 0 Å². The number of hydrogen-bond donors (Lipinski definition) is 3. The molecule has 0 bridgehead atoms. The minimum absolute atomic E-state index is 0.0373. The average molecular weight is 424 g/mol. The van der Waals surface area contributed by atoms with E-state index in [0.717, 1.165) is 6.42 Å². The van der Waals surface area contributed by atoms with Gasteiger partial charge in [-0.15, -0.1) is 0 Å². The first-order valence-electron chi connectivity index (χ1n) is 9.48. The van der Waals surface area contributed by atoms with Gasteiger partial charge in [0, 0.05) is 11.8 Å². The number of nitrogens with zero attached hydrogens (tertiary/aromatic N) is 2. The van der Waals surface area contributed by atoms with Crippen molar-refractivity contribution in [3.05, 3.63) is 65.3 Å². The number of carbonyl (C=O) groups is 1. The molecule has 0 radical (unpaired) electrons. The summed E-state index contributed by atoms with van der Waals surface area (Å²) in [5.74, 6) is 2.12. The molecule has 1 amide bonds. The predicted molar refractivity (Wildman–Crippen MR) is 113 cm³/mol. The molecule has 1 aliphatic heterocycles. The van der Waals surface area contributed by atoms with E-state index >= 15 is 0 Å². The van der Waals surface area contributed by atoms with E-state index in [9.17, 15) is 4.79 Å². The lowest BCUT2D eigenvalue weighted by Gasteiger charge is -2.12. The molecule has 2 unspecified atom stereocenters. The number of rotatable bonds is 6. The molecule has 1 fully saturated rings. The van der Waals surface area contributed by atoms with Crippen molar-refractivity contribution in [2.45, 2.75) is 18.5 Å². The van der Waals surface area contributed by atoms with Crippen LogP contribution in [0.5, 0.6) is 11.5 Å². The van der Waals surface area contributed by atoms with Gasteiger partial charge in [0.15, 0.2) is 11.5 Å². The second kappa shape index (κ2) is 7.72. The Balaban J connectivity index is 1.23. The normalized spacial score (nSPS) is 18.6. The van der Waals surface area contributed by atoms with Gasteiger partial charge >= 0.3 is 0 Å². The highest BCUT2D eigenvalue weighted by atomic mass is 35.5. The molecule has 2 aliphatic rings. The van der Waals surface area contributed by atoms with Crippen LogP contribution in [0, 0.1) is 0 Å². The molecule has 1 aliphatic carbocycles. The van der Waals surface area contributed by atoms with E-state index in [4.69, 9.17) is 21.1 Å². The highest BCUT2D eigenvalue weighted by Gasteiger charge is 2.39. The van der Waals surface area contributed by atoms with Crippen molar-refractivity contribution in [2.24, 2.45) is 0 Å². The number of aromatic nitrogens is 2. The van der Waals surface area contributed by atoms with Gasteiger partial charge in [0.05, 0.1) is 17.1 Å². The largest absolute Gasteiger partial charge is 0.454 e. The van der Waals surface area contributed by atoms with Gasteiger partial charge in [-0.2, -0.15) is 4.98 Å². The summed E-state index contributed by atoms with van der Waals surface area (Å²) in [5.41, 5.74) is 1.24. The Kier molecular flexibility index (Phi) is 4.76. The smallest absolute Gasteiger partial charge is 0.251 e. The average Bonchev–Trinajstić information content (AvgIpc) is 3.29. The molecular weight excluding hydrogens is 406 g/mol. The molecular formula is C21H18ClN5O3. The van der Waals surface area contributed by atoms with E-state index in [1.807, 2.05) is 18.2 Å². The van der Waals surface area contributed by atoms with E-state index in [1.165, 1.54) is 0 Å². The van der Waals surface area contributed by atoms with Gasteiger partial charge in [0.25, 0.3) is 5.91 Å². The first-order valence-corrected chi connectivity index (χ1v) is 9.86. The Hall–Kier alpha value is -3.52. The standard InChI is InChI=1S/C21H18ClN5O3/c22-13-6-7-16-19(30-11-29-16)18(13)26-17-8-9-23-21(27-17)25-15-10-14(15)24-20(28)12-4-2-1-3-5-12/h1-9,14-15H,10-11H2,(H,24,28)(H2,23,25,26,27). The zero-order valence-corrected chi connectivity index (χ0v) is 16.5. The van der Waals surface area contributed by atoms with Crippen LogP contribution in [0.3, 0.4) is 0 Å². The first-order chi connectivity index (χ1) is 14.7. The number of ether oxygens (including phenoxy) is 2. The lowest BCUT2D eigenvalue weighted by Crippen LogP contribution is -2.29. The highest BCUT2D eigenvalue weighted by molar-refractivity contribution is 6.33. The van der Waals surface area contributed by atoms with Crippen molar-refractivity contribution >= 4 is 35.0 Å². The number of amides is 1. The number of halogens is 1. The van der Waals surface area contributed by atoms with Crippen LogP contribution in [0.2, 0.25) is 5.02 Å². The molecule has 0 spiro atoms. The van der Waals surface area contributed by atoms with Crippen LogP contribution in [-0.4, -0.2) is 34.8 Å². The zero-order valence-electron chi connectivity index (χ0n) is 15.8. The van der Waals surface area contributed by atoms with Crippen molar-refractivity contribution in [1.82, 2.24) is 15.3 Å². The van der Waals surface area contributed by atoms with Crippen LogP contribution in [0.25, 0.3) is 0 Å². The molecule has 5 rings (SSSR count). The SMILES string of the molecule is O=C(NC1CC1Nc1nccc(Nc2c(Cl)ccc3c2OCO3)n1)c1ccccc1. The van der Waals surface area contributed by atoms with E-state index < -0.39 is 0 Å². The summed E-state index contributed by atoms with van der Waals surface area (Å²) in [6, 6.07) is 14.5. The molecule has 3 aromatic rings. The second-order valence-electron chi connectivity index (χ2n) is 6.98. The molecule has 2 atom stereocenters. The quantitative estimate of drug-likeness (QED) is 0.557. The number of nitrogens with one attached hydrogen (secondary N) is 3. The van der Waals surface area contributed by atoms with Crippen LogP contribution < -0.4 is 25.4 Å².